The van der Waals surface area contributed by atoms with Crippen molar-refractivity contribution in [3.63, 3.8) is 0 Å². The van der Waals surface area contributed by atoms with Crippen LogP contribution in [-0.4, -0.2) is 0 Å². The van der Waals surface area contributed by atoms with Crippen molar-refractivity contribution in [3.8, 4) is 0 Å². The number of ether oxygens (including phenoxy) is 1. The average Bonchev–Trinajstić information content (AvgIpc) is 3.06. The summed E-state index contributed by atoms with van der Waals surface area (Å²) in [6.45, 7) is 2.12. The fraction of sp³-hybridized carbons (Fsp3) is 0.133. The van der Waals surface area contributed by atoms with Crippen LogP contribution in [0.1, 0.15) is 18.1 Å². The quantitative estimate of drug-likeness (QED) is 0.405. The topological polar surface area (TPSA) is 12.5 Å². The normalized spacial score (nSPS) is 21.8. The summed E-state index contributed by atoms with van der Waals surface area (Å²) in [5.74, 6) is 0. The molecule has 17 heavy (non-hydrogen) atoms. The number of hydrogen-bond donors (Lipinski definition) is 0. The van der Waals surface area contributed by atoms with Gasteiger partial charge in [-0.2, -0.15) is 17.7 Å². The molecular weight excluding hydrogens is 203 g/mol. The summed E-state index contributed by atoms with van der Waals surface area (Å²) in [6, 6.07) is 20.6. The molecule has 0 aliphatic carbocycles. The predicted octanol–water partition coefficient (Wildman–Crippen LogP) is 0.516. The van der Waals surface area contributed by atoms with Crippen molar-refractivity contribution in [2.24, 2.45) is 0 Å². The second-order valence-corrected chi connectivity index (χ2v) is 4.20. The molecule has 1 saturated heterocycles. The van der Waals surface area contributed by atoms with Crippen molar-refractivity contribution in [1.29, 1.82) is 0 Å². The molecule has 1 atom stereocenters. The molecule has 2 aromatic carbocycles. The molecule has 1 nitrogen and oxygen atoms in total. The summed E-state index contributed by atoms with van der Waals surface area (Å²) in [6.07, 6.45) is 1.07. The minimum Gasteiger partial charge on any atom is -0.402 e. The Morgan fingerprint density at radius 2 is 1.41 bits per heavy atom. The Hall–Kier alpha value is -1.13. The van der Waals surface area contributed by atoms with Gasteiger partial charge in [-0.15, -0.1) is 12.1 Å². The van der Waals surface area contributed by atoms with Gasteiger partial charge in [0.25, 0.3) is 0 Å². The summed E-state index contributed by atoms with van der Waals surface area (Å²) in [7, 11) is 0. The third-order valence-corrected chi connectivity index (χ3v) is 3.06. The van der Waals surface area contributed by atoms with Crippen molar-refractivity contribution in [1.82, 2.24) is 0 Å². The number of hydrogen-bond acceptors (Lipinski definition) is 1. The third-order valence-electron chi connectivity index (χ3n) is 3.06. The Morgan fingerprint density at radius 3 is 2.00 bits per heavy atom. The minimum atomic E-state index is -0.220. The molecule has 0 bridgehead atoms. The third kappa shape index (κ3) is 2.15. The maximum atomic E-state index is 5.79. The van der Waals surface area contributed by atoms with Gasteiger partial charge in [-0.25, -0.2) is 0 Å². The summed E-state index contributed by atoms with van der Waals surface area (Å²) < 4.78 is 5.79. The van der Waals surface area contributed by atoms with Crippen LogP contribution in [0.25, 0.3) is 0 Å². The molecule has 0 radical (unpaired) electrons. The molecule has 0 amide bonds. The molecule has 1 heterocycles. The SMILES string of the molecule is C[C@]1(c2ccccc2)O[C-]1c1ccccc1.[Li+]. The smallest absolute Gasteiger partial charge is 0.402 e. The van der Waals surface area contributed by atoms with Crippen molar-refractivity contribution in [2.45, 2.75) is 12.5 Å². The van der Waals surface area contributed by atoms with E-state index in [-0.39, 0.29) is 24.5 Å². The van der Waals surface area contributed by atoms with Gasteiger partial charge in [-0.1, -0.05) is 36.4 Å². The van der Waals surface area contributed by atoms with Crippen molar-refractivity contribution in [2.75, 3.05) is 0 Å². The first-order chi connectivity index (χ1) is 7.81. The van der Waals surface area contributed by atoms with E-state index in [1.165, 1.54) is 11.1 Å². The minimum absolute atomic E-state index is 0. The molecule has 2 aromatic rings. The Balaban J connectivity index is 0.00000108. The molecule has 0 spiro atoms. The number of benzene rings is 2. The van der Waals surface area contributed by atoms with Crippen LogP contribution in [0, 0.1) is 6.10 Å². The average molecular weight is 216 g/mol. The van der Waals surface area contributed by atoms with Crippen LogP contribution >= 0.6 is 0 Å². The molecule has 0 N–H and O–H groups in total. The van der Waals surface area contributed by atoms with Crippen LogP contribution < -0.4 is 18.9 Å². The Bertz CT molecular complexity index is 483. The van der Waals surface area contributed by atoms with Crippen molar-refractivity contribution >= 4 is 0 Å². The van der Waals surface area contributed by atoms with Crippen molar-refractivity contribution < 1.29 is 23.6 Å². The molecule has 1 fully saturated rings. The molecule has 2 heteroatoms. The van der Waals surface area contributed by atoms with Gasteiger partial charge in [-0.3, -0.25) is 0 Å². The van der Waals surface area contributed by atoms with Crippen LogP contribution in [0.5, 0.6) is 0 Å². The monoisotopic (exact) mass is 216 g/mol. The summed E-state index contributed by atoms with van der Waals surface area (Å²) >= 11 is 0. The van der Waals surface area contributed by atoms with E-state index in [1.807, 2.05) is 36.4 Å². The van der Waals surface area contributed by atoms with Gasteiger partial charge in [-0.05, 0) is 18.6 Å². The van der Waals surface area contributed by atoms with E-state index < -0.39 is 0 Å². The molecule has 1 aliphatic rings. The summed E-state index contributed by atoms with van der Waals surface area (Å²) in [5.41, 5.74) is 2.17. The first-order valence-corrected chi connectivity index (χ1v) is 5.48. The molecule has 3 rings (SSSR count). The molecular formula is C15H13LiO. The standard InChI is InChI=1S/C15H13O.Li/c1-15(13-10-6-3-7-11-13)14(16-15)12-8-4-2-5-9-12;/h2-11H,1H3;/q-1;+1/t15-;/m1./s1. The summed E-state index contributed by atoms with van der Waals surface area (Å²) in [5, 5.41) is 0. The van der Waals surface area contributed by atoms with Crippen LogP contribution in [0.4, 0.5) is 0 Å². The molecule has 0 unspecified atom stereocenters. The fourth-order valence-electron chi connectivity index (χ4n) is 2.05. The summed E-state index contributed by atoms with van der Waals surface area (Å²) in [4.78, 5) is 0. The maximum Gasteiger partial charge on any atom is 1.00 e. The van der Waals surface area contributed by atoms with E-state index in [9.17, 15) is 0 Å². The van der Waals surface area contributed by atoms with Gasteiger partial charge in [0.05, 0.1) is 5.60 Å². The second-order valence-electron chi connectivity index (χ2n) is 4.20. The largest absolute Gasteiger partial charge is 1.00 e. The molecule has 0 aromatic heterocycles. The van der Waals surface area contributed by atoms with E-state index in [0.717, 1.165) is 6.10 Å². The zero-order valence-corrected chi connectivity index (χ0v) is 10.2. The number of rotatable bonds is 2. The zero-order valence-electron chi connectivity index (χ0n) is 10.2. The van der Waals surface area contributed by atoms with Gasteiger partial charge < -0.3 is 4.74 Å². The van der Waals surface area contributed by atoms with Gasteiger partial charge in [0.15, 0.2) is 0 Å². The van der Waals surface area contributed by atoms with Crippen molar-refractivity contribution in [3.05, 3.63) is 77.9 Å². The predicted molar refractivity (Wildman–Crippen MR) is 63.7 cm³/mol. The first-order valence-electron chi connectivity index (χ1n) is 5.48. The van der Waals surface area contributed by atoms with E-state index in [4.69, 9.17) is 4.74 Å². The van der Waals surface area contributed by atoms with Crippen LogP contribution in [0.15, 0.2) is 60.7 Å². The Kier molecular flexibility index (Phi) is 3.35. The van der Waals surface area contributed by atoms with Gasteiger partial charge in [0, 0.05) is 0 Å². The Morgan fingerprint density at radius 1 is 0.882 bits per heavy atom. The molecule has 1 aliphatic heterocycles. The first kappa shape index (κ1) is 12.3. The van der Waals surface area contributed by atoms with Gasteiger partial charge in [0.1, 0.15) is 0 Å². The van der Waals surface area contributed by atoms with Crippen LogP contribution in [0.2, 0.25) is 0 Å². The maximum absolute atomic E-state index is 5.79. The molecule has 0 saturated carbocycles. The van der Waals surface area contributed by atoms with E-state index in [2.05, 4.69) is 31.2 Å². The second kappa shape index (κ2) is 4.62. The number of epoxide rings is 1. The van der Waals surface area contributed by atoms with E-state index in [0.29, 0.717) is 0 Å². The fourth-order valence-corrected chi connectivity index (χ4v) is 2.05. The van der Waals surface area contributed by atoms with Gasteiger partial charge >= 0.3 is 18.9 Å². The van der Waals surface area contributed by atoms with Crippen LogP contribution in [0.3, 0.4) is 0 Å². The Labute approximate surface area is 114 Å². The molecule has 80 valence electrons. The zero-order chi connectivity index (χ0) is 11.0. The van der Waals surface area contributed by atoms with E-state index in [1.54, 1.807) is 0 Å². The van der Waals surface area contributed by atoms with Crippen LogP contribution in [-0.2, 0) is 10.3 Å². The van der Waals surface area contributed by atoms with Gasteiger partial charge in [0.2, 0.25) is 0 Å². The van der Waals surface area contributed by atoms with E-state index >= 15 is 0 Å².